The number of hydrogen-bond acceptors (Lipinski definition) is 5. The molecule has 0 spiro atoms. The van der Waals surface area contributed by atoms with Crippen LogP contribution >= 0.6 is 0 Å². The van der Waals surface area contributed by atoms with Gasteiger partial charge in [0, 0.05) is 0 Å². The van der Waals surface area contributed by atoms with Gasteiger partial charge in [-0.25, -0.2) is 0 Å². The highest BCUT2D eigenvalue weighted by molar-refractivity contribution is 5.82. The van der Waals surface area contributed by atoms with E-state index in [9.17, 15) is 9.59 Å². The number of esters is 1. The Morgan fingerprint density at radius 2 is 1.75 bits per heavy atom. The minimum absolute atomic E-state index is 0.117. The molecular weight excluding hydrogens is 310 g/mol. The Bertz CT molecular complexity index is 672. The van der Waals surface area contributed by atoms with E-state index in [1.54, 1.807) is 31.4 Å². The number of hydrogen-bond donors (Lipinski definition) is 1. The SMILES string of the molecule is COc1cccc(COC(=O)CNC(=O)COc2ccccc2)c1. The van der Waals surface area contributed by atoms with Gasteiger partial charge in [-0.05, 0) is 29.8 Å². The molecule has 24 heavy (non-hydrogen) atoms. The minimum Gasteiger partial charge on any atom is -0.497 e. The van der Waals surface area contributed by atoms with E-state index in [0.717, 1.165) is 5.56 Å². The maximum atomic E-state index is 11.6. The fourth-order valence-corrected chi connectivity index (χ4v) is 1.86. The van der Waals surface area contributed by atoms with Crippen LogP contribution in [0.15, 0.2) is 54.6 Å². The van der Waals surface area contributed by atoms with Crippen molar-refractivity contribution < 1.29 is 23.8 Å². The lowest BCUT2D eigenvalue weighted by Gasteiger charge is -2.08. The maximum Gasteiger partial charge on any atom is 0.325 e. The summed E-state index contributed by atoms with van der Waals surface area (Å²) in [5, 5.41) is 2.45. The van der Waals surface area contributed by atoms with Gasteiger partial charge in [-0.15, -0.1) is 0 Å². The number of carbonyl (C=O) groups is 2. The Kier molecular flexibility index (Phi) is 6.64. The molecule has 0 saturated heterocycles. The van der Waals surface area contributed by atoms with Gasteiger partial charge >= 0.3 is 5.97 Å². The summed E-state index contributed by atoms with van der Waals surface area (Å²) in [4.78, 5) is 23.3. The van der Waals surface area contributed by atoms with Gasteiger partial charge in [-0.2, -0.15) is 0 Å². The standard InChI is InChI=1S/C18H19NO5/c1-22-16-9-5-6-14(10-16)12-24-18(21)11-19-17(20)13-23-15-7-3-2-4-8-15/h2-10H,11-13H2,1H3,(H,19,20). The van der Waals surface area contributed by atoms with E-state index < -0.39 is 11.9 Å². The van der Waals surface area contributed by atoms with Crippen LogP contribution in [0.2, 0.25) is 0 Å². The lowest BCUT2D eigenvalue weighted by molar-refractivity contribution is -0.145. The summed E-state index contributed by atoms with van der Waals surface area (Å²) in [5.41, 5.74) is 0.807. The van der Waals surface area contributed by atoms with Gasteiger partial charge in [0.1, 0.15) is 24.7 Å². The molecule has 0 aliphatic rings. The predicted octanol–water partition coefficient (Wildman–Crippen LogP) is 1.93. The van der Waals surface area contributed by atoms with E-state index in [2.05, 4.69) is 5.32 Å². The Labute approximate surface area is 140 Å². The van der Waals surface area contributed by atoms with Crippen LogP contribution in [0.25, 0.3) is 0 Å². The summed E-state index contributed by atoms with van der Waals surface area (Å²) in [7, 11) is 1.57. The molecule has 1 amide bonds. The van der Waals surface area contributed by atoms with Crippen LogP contribution in [0.1, 0.15) is 5.56 Å². The average molecular weight is 329 g/mol. The first-order chi connectivity index (χ1) is 11.7. The van der Waals surface area contributed by atoms with Crippen molar-refractivity contribution >= 4 is 11.9 Å². The molecule has 0 fully saturated rings. The second-order valence-corrected chi connectivity index (χ2v) is 4.89. The van der Waals surface area contributed by atoms with Crippen LogP contribution < -0.4 is 14.8 Å². The molecule has 0 aromatic heterocycles. The number of carbonyl (C=O) groups excluding carboxylic acids is 2. The molecular formula is C18H19NO5. The van der Waals surface area contributed by atoms with E-state index in [0.29, 0.717) is 11.5 Å². The fraction of sp³-hybridized carbons (Fsp3) is 0.222. The summed E-state index contributed by atoms with van der Waals surface area (Å²) in [6.07, 6.45) is 0. The Hall–Kier alpha value is -3.02. The van der Waals surface area contributed by atoms with Crippen molar-refractivity contribution in [3.63, 3.8) is 0 Å². The second kappa shape index (κ2) is 9.19. The molecule has 0 atom stereocenters. The predicted molar refractivity (Wildman–Crippen MR) is 87.7 cm³/mol. The van der Waals surface area contributed by atoms with E-state index >= 15 is 0 Å². The number of rotatable bonds is 8. The molecule has 0 bridgehead atoms. The van der Waals surface area contributed by atoms with Gasteiger partial charge in [-0.1, -0.05) is 30.3 Å². The molecule has 0 heterocycles. The van der Waals surface area contributed by atoms with E-state index in [1.807, 2.05) is 30.3 Å². The largest absolute Gasteiger partial charge is 0.497 e. The Balaban J connectivity index is 1.66. The molecule has 0 aliphatic carbocycles. The van der Waals surface area contributed by atoms with Crippen LogP contribution in [-0.2, 0) is 20.9 Å². The van der Waals surface area contributed by atoms with Crippen molar-refractivity contribution in [3.05, 3.63) is 60.2 Å². The zero-order valence-corrected chi connectivity index (χ0v) is 13.4. The van der Waals surface area contributed by atoms with Crippen LogP contribution in [0, 0.1) is 0 Å². The molecule has 0 saturated carbocycles. The van der Waals surface area contributed by atoms with Crippen molar-refractivity contribution in [1.29, 1.82) is 0 Å². The molecule has 6 nitrogen and oxygen atoms in total. The van der Waals surface area contributed by atoms with Gasteiger partial charge in [0.2, 0.25) is 0 Å². The zero-order valence-electron chi connectivity index (χ0n) is 13.4. The summed E-state index contributed by atoms with van der Waals surface area (Å²) >= 11 is 0. The van der Waals surface area contributed by atoms with Gasteiger partial charge in [0.25, 0.3) is 5.91 Å². The Morgan fingerprint density at radius 1 is 1.00 bits per heavy atom. The van der Waals surface area contributed by atoms with E-state index in [4.69, 9.17) is 14.2 Å². The summed E-state index contributed by atoms with van der Waals surface area (Å²) in [6.45, 7) is -0.249. The van der Waals surface area contributed by atoms with Gasteiger partial charge in [0.15, 0.2) is 6.61 Å². The molecule has 126 valence electrons. The number of benzene rings is 2. The highest BCUT2D eigenvalue weighted by atomic mass is 16.5. The smallest absolute Gasteiger partial charge is 0.325 e. The highest BCUT2D eigenvalue weighted by Crippen LogP contribution is 2.13. The minimum atomic E-state index is -0.522. The second-order valence-electron chi connectivity index (χ2n) is 4.89. The third-order valence-corrected chi connectivity index (χ3v) is 3.08. The van der Waals surface area contributed by atoms with Crippen molar-refractivity contribution in [1.82, 2.24) is 5.32 Å². The normalized spacial score (nSPS) is 9.88. The van der Waals surface area contributed by atoms with E-state index in [1.165, 1.54) is 0 Å². The first-order valence-corrected chi connectivity index (χ1v) is 7.40. The molecule has 2 aromatic carbocycles. The van der Waals surface area contributed by atoms with E-state index in [-0.39, 0.29) is 19.8 Å². The molecule has 0 radical (unpaired) electrons. The maximum absolute atomic E-state index is 11.6. The van der Waals surface area contributed by atoms with Gasteiger partial charge in [0.05, 0.1) is 7.11 Å². The van der Waals surface area contributed by atoms with Gasteiger partial charge in [-0.3, -0.25) is 9.59 Å². The number of amides is 1. The van der Waals surface area contributed by atoms with Crippen molar-refractivity contribution in [2.75, 3.05) is 20.3 Å². The van der Waals surface area contributed by atoms with Crippen LogP contribution in [0.3, 0.4) is 0 Å². The highest BCUT2D eigenvalue weighted by Gasteiger charge is 2.08. The molecule has 2 aromatic rings. The first kappa shape index (κ1) is 17.3. The number of nitrogens with one attached hydrogen (secondary N) is 1. The number of methoxy groups -OCH3 is 1. The quantitative estimate of drug-likeness (QED) is 0.749. The van der Waals surface area contributed by atoms with Crippen LogP contribution in [0.5, 0.6) is 11.5 Å². The van der Waals surface area contributed by atoms with Crippen LogP contribution in [-0.4, -0.2) is 32.1 Å². The third-order valence-electron chi connectivity index (χ3n) is 3.08. The molecule has 2 rings (SSSR count). The average Bonchev–Trinajstić information content (AvgIpc) is 2.64. The van der Waals surface area contributed by atoms with Crippen molar-refractivity contribution in [3.8, 4) is 11.5 Å². The van der Waals surface area contributed by atoms with Crippen molar-refractivity contribution in [2.45, 2.75) is 6.61 Å². The zero-order chi connectivity index (χ0) is 17.2. The third kappa shape index (κ3) is 6.00. The first-order valence-electron chi connectivity index (χ1n) is 7.40. The lowest BCUT2D eigenvalue weighted by Crippen LogP contribution is -2.34. The van der Waals surface area contributed by atoms with Gasteiger partial charge < -0.3 is 19.5 Å². The topological polar surface area (TPSA) is 73.9 Å². The molecule has 1 N–H and O–H groups in total. The van der Waals surface area contributed by atoms with Crippen molar-refractivity contribution in [2.24, 2.45) is 0 Å². The summed E-state index contributed by atoms with van der Waals surface area (Å²) < 4.78 is 15.5. The fourth-order valence-electron chi connectivity index (χ4n) is 1.86. The summed E-state index contributed by atoms with van der Waals surface area (Å²) in [5.74, 6) is 0.367. The monoisotopic (exact) mass is 329 g/mol. The number of para-hydroxylation sites is 1. The molecule has 6 heteroatoms. The lowest BCUT2D eigenvalue weighted by atomic mass is 10.2. The summed E-state index contributed by atoms with van der Waals surface area (Å²) in [6, 6.07) is 16.2. The molecule has 0 unspecified atom stereocenters. The number of ether oxygens (including phenoxy) is 3. The molecule has 0 aliphatic heterocycles. The van der Waals surface area contributed by atoms with Crippen LogP contribution in [0.4, 0.5) is 0 Å². The Morgan fingerprint density at radius 3 is 2.50 bits per heavy atom.